The van der Waals surface area contributed by atoms with E-state index in [1.807, 2.05) is 42.5 Å². The van der Waals surface area contributed by atoms with E-state index in [4.69, 9.17) is 4.74 Å². The zero-order chi connectivity index (χ0) is 14.7. The Morgan fingerprint density at radius 3 is 2.36 bits per heavy atom. The second kappa shape index (κ2) is 7.00. The number of hydrogen-bond acceptors (Lipinski definition) is 3. The van der Waals surface area contributed by atoms with Crippen LogP contribution in [-0.4, -0.2) is 11.1 Å². The molecule has 0 unspecified atom stereocenters. The van der Waals surface area contributed by atoms with Gasteiger partial charge in [-0.25, -0.2) is 4.79 Å². The fraction of sp³-hybridized carbons (Fsp3) is 0.0556. The average molecular weight is 312 g/mol. The summed E-state index contributed by atoms with van der Waals surface area (Å²) in [6, 6.07) is 19.9. The molecule has 0 aliphatic heterocycles. The molecule has 0 spiro atoms. The molecule has 0 heterocycles. The summed E-state index contributed by atoms with van der Waals surface area (Å²) in [4.78, 5) is 12.0. The zero-order valence-electron chi connectivity index (χ0n) is 11.8. The summed E-state index contributed by atoms with van der Waals surface area (Å²) in [6.45, 7) is 0.223. The third-order valence-electron chi connectivity index (χ3n) is 3.34. The molecule has 112 valence electrons. The minimum absolute atomic E-state index is 0. The fourth-order valence-electron chi connectivity index (χ4n) is 2.24. The maximum atomic E-state index is 12.0. The first-order valence-electron chi connectivity index (χ1n) is 6.67. The van der Waals surface area contributed by atoms with Crippen molar-refractivity contribution >= 4 is 30.2 Å². The normalized spacial score (nSPS) is 10.0. The van der Waals surface area contributed by atoms with E-state index in [-0.39, 0.29) is 25.9 Å². The first kappa shape index (κ1) is 15.9. The molecular weight excluding hydrogens is 296 g/mol. The smallest absolute Gasteiger partial charge is 0.338 e. The number of phenols is 1. The summed E-state index contributed by atoms with van der Waals surface area (Å²) >= 11 is 0. The molecule has 0 aliphatic carbocycles. The largest absolute Gasteiger partial charge is 0.508 e. The van der Waals surface area contributed by atoms with Crippen molar-refractivity contribution in [2.45, 2.75) is 6.61 Å². The Morgan fingerprint density at radius 1 is 0.909 bits per heavy atom. The molecule has 0 bridgehead atoms. The number of phenolic OH excluding ortho intramolecular Hbond substituents is 1. The number of rotatable bonds is 3. The van der Waals surface area contributed by atoms with Gasteiger partial charge >= 0.3 is 5.97 Å². The van der Waals surface area contributed by atoms with Gasteiger partial charge in [-0.05, 0) is 40.6 Å². The van der Waals surface area contributed by atoms with Crippen molar-refractivity contribution in [1.29, 1.82) is 0 Å². The molecule has 4 heteroatoms. The first-order chi connectivity index (χ1) is 10.2. The standard InChI is InChI=1S/C18H14O3.H2S/c19-16-10-8-14(9-11-16)18(20)21-12-15-6-3-5-13-4-1-2-7-17(13)15;/h1-11,19H,12H2;1H2. The van der Waals surface area contributed by atoms with E-state index >= 15 is 0 Å². The third kappa shape index (κ3) is 3.40. The number of hydrogen-bond donors (Lipinski definition) is 1. The van der Waals surface area contributed by atoms with E-state index in [1.54, 1.807) is 12.1 Å². The maximum Gasteiger partial charge on any atom is 0.338 e. The van der Waals surface area contributed by atoms with Gasteiger partial charge in [0.2, 0.25) is 0 Å². The molecule has 0 saturated carbocycles. The first-order valence-corrected chi connectivity index (χ1v) is 6.67. The van der Waals surface area contributed by atoms with Crippen molar-refractivity contribution in [3.05, 3.63) is 77.9 Å². The molecule has 3 nitrogen and oxygen atoms in total. The van der Waals surface area contributed by atoms with Crippen LogP contribution in [0.4, 0.5) is 0 Å². The van der Waals surface area contributed by atoms with Crippen LogP contribution in [0.15, 0.2) is 66.7 Å². The minimum atomic E-state index is -0.400. The summed E-state index contributed by atoms with van der Waals surface area (Å²) in [5, 5.41) is 11.4. The van der Waals surface area contributed by atoms with E-state index in [0.717, 1.165) is 16.3 Å². The Kier molecular flexibility index (Phi) is 5.07. The van der Waals surface area contributed by atoms with Crippen LogP contribution in [0.5, 0.6) is 5.75 Å². The van der Waals surface area contributed by atoms with Gasteiger partial charge in [-0.2, -0.15) is 13.5 Å². The Bertz CT molecular complexity index is 776. The van der Waals surface area contributed by atoms with E-state index < -0.39 is 5.97 Å². The van der Waals surface area contributed by atoms with Gasteiger partial charge in [0.25, 0.3) is 0 Å². The van der Waals surface area contributed by atoms with Crippen LogP contribution >= 0.6 is 13.5 Å². The van der Waals surface area contributed by atoms with Crippen LogP contribution < -0.4 is 0 Å². The van der Waals surface area contributed by atoms with E-state index in [1.165, 1.54) is 12.1 Å². The molecule has 0 saturated heterocycles. The molecule has 22 heavy (non-hydrogen) atoms. The predicted octanol–water partition coefficient (Wildman–Crippen LogP) is 4.02. The van der Waals surface area contributed by atoms with Crippen molar-refractivity contribution in [2.24, 2.45) is 0 Å². The molecule has 0 aromatic heterocycles. The van der Waals surface area contributed by atoms with E-state index in [0.29, 0.717) is 5.56 Å². The highest BCUT2D eigenvalue weighted by Gasteiger charge is 2.08. The molecular formula is C18H16O3S. The Morgan fingerprint density at radius 2 is 1.59 bits per heavy atom. The van der Waals surface area contributed by atoms with Crippen LogP contribution in [0.25, 0.3) is 10.8 Å². The van der Waals surface area contributed by atoms with Gasteiger partial charge in [-0.15, -0.1) is 0 Å². The van der Waals surface area contributed by atoms with Crippen LogP contribution in [0.1, 0.15) is 15.9 Å². The predicted molar refractivity (Wildman–Crippen MR) is 91.6 cm³/mol. The number of fused-ring (bicyclic) bond motifs is 1. The third-order valence-corrected chi connectivity index (χ3v) is 3.34. The highest BCUT2D eigenvalue weighted by molar-refractivity contribution is 7.59. The molecule has 0 fully saturated rings. The number of benzene rings is 3. The summed E-state index contributed by atoms with van der Waals surface area (Å²) in [7, 11) is 0. The van der Waals surface area contributed by atoms with Crippen molar-refractivity contribution < 1.29 is 14.6 Å². The Hall–Kier alpha value is -2.46. The molecule has 0 aliphatic rings. The SMILES string of the molecule is O=C(OCc1cccc2ccccc12)c1ccc(O)cc1.S. The monoisotopic (exact) mass is 312 g/mol. The summed E-state index contributed by atoms with van der Waals surface area (Å²) in [6.07, 6.45) is 0. The Labute approximate surface area is 135 Å². The van der Waals surface area contributed by atoms with Crippen molar-refractivity contribution in [2.75, 3.05) is 0 Å². The molecule has 1 N–H and O–H groups in total. The highest BCUT2D eigenvalue weighted by atomic mass is 32.1. The fourth-order valence-corrected chi connectivity index (χ4v) is 2.24. The van der Waals surface area contributed by atoms with Crippen molar-refractivity contribution in [3.8, 4) is 5.75 Å². The van der Waals surface area contributed by atoms with Gasteiger partial charge in [-0.1, -0.05) is 42.5 Å². The Balaban J connectivity index is 0.00000176. The summed E-state index contributed by atoms with van der Waals surface area (Å²) in [5.74, 6) is -0.275. The van der Waals surface area contributed by atoms with E-state index in [9.17, 15) is 9.90 Å². The minimum Gasteiger partial charge on any atom is -0.508 e. The molecule has 3 rings (SSSR count). The molecule has 0 amide bonds. The molecule has 0 radical (unpaired) electrons. The highest BCUT2D eigenvalue weighted by Crippen LogP contribution is 2.20. The lowest BCUT2D eigenvalue weighted by Crippen LogP contribution is -2.05. The lowest BCUT2D eigenvalue weighted by Gasteiger charge is -2.08. The topological polar surface area (TPSA) is 46.5 Å². The number of carbonyl (C=O) groups is 1. The van der Waals surface area contributed by atoms with Gasteiger partial charge < -0.3 is 9.84 Å². The van der Waals surface area contributed by atoms with Crippen LogP contribution in [0.2, 0.25) is 0 Å². The van der Waals surface area contributed by atoms with E-state index in [2.05, 4.69) is 0 Å². The van der Waals surface area contributed by atoms with Crippen molar-refractivity contribution in [3.63, 3.8) is 0 Å². The number of carbonyl (C=O) groups excluding carboxylic acids is 1. The van der Waals surface area contributed by atoms with Gasteiger partial charge in [0, 0.05) is 0 Å². The maximum absolute atomic E-state index is 12.0. The lowest BCUT2D eigenvalue weighted by atomic mass is 10.1. The van der Waals surface area contributed by atoms with Crippen LogP contribution in [-0.2, 0) is 11.3 Å². The van der Waals surface area contributed by atoms with Gasteiger partial charge in [0.05, 0.1) is 5.56 Å². The summed E-state index contributed by atoms with van der Waals surface area (Å²) in [5.41, 5.74) is 1.40. The lowest BCUT2D eigenvalue weighted by molar-refractivity contribution is 0.0474. The second-order valence-electron chi connectivity index (χ2n) is 4.76. The van der Waals surface area contributed by atoms with Gasteiger partial charge in [-0.3, -0.25) is 0 Å². The second-order valence-corrected chi connectivity index (χ2v) is 4.76. The molecule has 3 aromatic rings. The quantitative estimate of drug-likeness (QED) is 0.743. The molecule has 3 aromatic carbocycles. The van der Waals surface area contributed by atoms with Crippen LogP contribution in [0, 0.1) is 0 Å². The van der Waals surface area contributed by atoms with Gasteiger partial charge in [0.15, 0.2) is 0 Å². The average Bonchev–Trinajstić information content (AvgIpc) is 2.53. The number of esters is 1. The number of aromatic hydroxyl groups is 1. The zero-order valence-corrected chi connectivity index (χ0v) is 12.8. The van der Waals surface area contributed by atoms with Gasteiger partial charge in [0.1, 0.15) is 12.4 Å². The number of ether oxygens (including phenoxy) is 1. The van der Waals surface area contributed by atoms with Crippen molar-refractivity contribution in [1.82, 2.24) is 0 Å². The van der Waals surface area contributed by atoms with Crippen LogP contribution in [0.3, 0.4) is 0 Å². The molecule has 0 atom stereocenters. The summed E-state index contributed by atoms with van der Waals surface area (Å²) < 4.78 is 5.34.